The van der Waals surface area contributed by atoms with Gasteiger partial charge in [0.1, 0.15) is 17.3 Å². The summed E-state index contributed by atoms with van der Waals surface area (Å²) in [5, 5.41) is 23.7. The van der Waals surface area contributed by atoms with Crippen LogP contribution in [-0.4, -0.2) is 62.4 Å². The van der Waals surface area contributed by atoms with Crippen LogP contribution in [0.15, 0.2) is 59.5 Å². The number of carboxylic acids is 1. The highest BCUT2D eigenvalue weighted by atomic mass is 16.6. The predicted octanol–water partition coefficient (Wildman–Crippen LogP) is 4.92. The van der Waals surface area contributed by atoms with E-state index in [2.05, 4.69) is 31.1 Å². The van der Waals surface area contributed by atoms with Crippen LogP contribution >= 0.6 is 0 Å². The fourth-order valence-corrected chi connectivity index (χ4v) is 6.04. The second-order valence-corrected chi connectivity index (χ2v) is 13.6. The molecule has 0 unspecified atom stereocenters. The number of carbonyl (C=O) groups excluding carboxylic acids is 3. The molecular weight excluding hydrogens is 628 g/mol. The van der Waals surface area contributed by atoms with Crippen molar-refractivity contribution in [2.75, 3.05) is 11.9 Å². The molecule has 1 saturated carbocycles. The molecule has 1 fully saturated rings. The second-order valence-electron chi connectivity index (χ2n) is 13.6. The van der Waals surface area contributed by atoms with Crippen molar-refractivity contribution >= 4 is 40.5 Å². The Bertz CT molecular complexity index is 1900. The lowest BCUT2D eigenvalue weighted by atomic mass is 9.81. The molecule has 258 valence electrons. The first-order valence-corrected chi connectivity index (χ1v) is 16.3. The van der Waals surface area contributed by atoms with Gasteiger partial charge in [-0.2, -0.15) is 0 Å². The standard InChI is InChI=1S/C36H42N6O7/c1-20-15-30(34(46)47)37-19-27(20)23-9-5-21(6-10-23)16-29(33(45)39-25-13-14-26-28(17-25)41-42-32(26)44)40-31(43)24-11-7-22(8-12-24)18-38-35(48)49-36(2,3)4/h5-6,9-10,13-15,17,19,22,24,29H,7-8,11-12,16,18H2,1-4H3,(H,38,48)(H,39,45)(H,40,43)(H,46,47)(H2,41,42,44)/t22-,24-,29-/m0/s1. The third-order valence-electron chi connectivity index (χ3n) is 8.66. The summed E-state index contributed by atoms with van der Waals surface area (Å²) in [5.41, 5.74) is 3.32. The monoisotopic (exact) mass is 670 g/mol. The molecule has 49 heavy (non-hydrogen) atoms. The second kappa shape index (κ2) is 14.8. The molecule has 2 aromatic heterocycles. The number of alkyl carbamates (subject to hydrolysis) is 1. The summed E-state index contributed by atoms with van der Waals surface area (Å²) >= 11 is 0. The topological polar surface area (TPSA) is 195 Å². The number of ether oxygens (including phenoxy) is 1. The molecule has 4 aromatic rings. The zero-order valence-electron chi connectivity index (χ0n) is 28.0. The van der Waals surface area contributed by atoms with Crippen molar-refractivity contribution in [1.82, 2.24) is 25.8 Å². The zero-order chi connectivity index (χ0) is 35.3. The number of fused-ring (bicyclic) bond motifs is 1. The molecule has 0 aliphatic heterocycles. The molecule has 6 N–H and O–H groups in total. The summed E-state index contributed by atoms with van der Waals surface area (Å²) < 4.78 is 5.32. The van der Waals surface area contributed by atoms with Gasteiger partial charge in [0.2, 0.25) is 11.8 Å². The summed E-state index contributed by atoms with van der Waals surface area (Å²) in [6, 6.07) is 13.0. The van der Waals surface area contributed by atoms with E-state index in [0.29, 0.717) is 36.0 Å². The third kappa shape index (κ3) is 9.12. The van der Waals surface area contributed by atoms with Gasteiger partial charge in [-0.1, -0.05) is 24.3 Å². The van der Waals surface area contributed by atoms with Gasteiger partial charge >= 0.3 is 12.1 Å². The van der Waals surface area contributed by atoms with Crippen molar-refractivity contribution < 1.29 is 29.0 Å². The Balaban J connectivity index is 1.26. The van der Waals surface area contributed by atoms with Crippen LogP contribution in [0.2, 0.25) is 0 Å². The quantitative estimate of drug-likeness (QED) is 0.137. The van der Waals surface area contributed by atoms with E-state index in [0.717, 1.165) is 35.1 Å². The molecule has 0 spiro atoms. The molecule has 13 heteroatoms. The van der Waals surface area contributed by atoms with Gasteiger partial charge < -0.3 is 25.8 Å². The van der Waals surface area contributed by atoms with E-state index in [1.807, 2.05) is 52.0 Å². The van der Waals surface area contributed by atoms with Gasteiger partial charge in [-0.15, -0.1) is 0 Å². The number of aryl methyl sites for hydroxylation is 1. The number of carboxylic acid groups (broad SMARTS) is 1. The van der Waals surface area contributed by atoms with Gasteiger partial charge in [-0.3, -0.25) is 24.6 Å². The first kappa shape index (κ1) is 34.9. The number of aromatic amines is 2. The summed E-state index contributed by atoms with van der Waals surface area (Å²) in [6.45, 7) is 7.72. The Morgan fingerprint density at radius 1 is 1.00 bits per heavy atom. The Morgan fingerprint density at radius 3 is 2.37 bits per heavy atom. The highest BCUT2D eigenvalue weighted by Crippen LogP contribution is 2.29. The predicted molar refractivity (Wildman–Crippen MR) is 184 cm³/mol. The van der Waals surface area contributed by atoms with Crippen molar-refractivity contribution in [2.24, 2.45) is 11.8 Å². The van der Waals surface area contributed by atoms with Crippen LogP contribution in [-0.2, 0) is 20.7 Å². The number of benzene rings is 2. The number of hydrogen-bond acceptors (Lipinski definition) is 7. The molecule has 1 atom stereocenters. The van der Waals surface area contributed by atoms with Crippen LogP contribution in [0, 0.1) is 18.8 Å². The molecule has 0 radical (unpaired) electrons. The molecule has 0 bridgehead atoms. The molecule has 2 heterocycles. The lowest BCUT2D eigenvalue weighted by Crippen LogP contribution is -2.48. The largest absolute Gasteiger partial charge is 0.477 e. The summed E-state index contributed by atoms with van der Waals surface area (Å²) in [4.78, 5) is 66.6. The number of hydrogen-bond donors (Lipinski definition) is 6. The van der Waals surface area contributed by atoms with Crippen LogP contribution in [0.4, 0.5) is 10.5 Å². The van der Waals surface area contributed by atoms with Crippen molar-refractivity contribution in [3.05, 3.63) is 81.9 Å². The number of aromatic nitrogens is 3. The molecule has 13 nitrogen and oxygen atoms in total. The Kier molecular flexibility index (Phi) is 10.5. The number of nitrogens with one attached hydrogen (secondary N) is 5. The minimum absolute atomic E-state index is 0.0320. The molecule has 3 amide bonds. The van der Waals surface area contributed by atoms with E-state index >= 15 is 0 Å². The van der Waals surface area contributed by atoms with E-state index in [-0.39, 0.29) is 35.4 Å². The van der Waals surface area contributed by atoms with Gasteiger partial charge in [0.15, 0.2) is 0 Å². The molecule has 1 aliphatic rings. The van der Waals surface area contributed by atoms with Gasteiger partial charge in [0, 0.05) is 36.3 Å². The molecule has 2 aromatic carbocycles. The highest BCUT2D eigenvalue weighted by Gasteiger charge is 2.30. The Labute approximate surface area is 283 Å². The summed E-state index contributed by atoms with van der Waals surface area (Å²) in [5.74, 6) is -1.76. The number of carbonyl (C=O) groups is 4. The maximum absolute atomic E-state index is 13.7. The average Bonchev–Trinajstić information content (AvgIpc) is 3.42. The normalized spacial score (nSPS) is 16.8. The average molecular weight is 671 g/mol. The maximum atomic E-state index is 13.7. The lowest BCUT2D eigenvalue weighted by Gasteiger charge is -2.29. The van der Waals surface area contributed by atoms with E-state index < -0.39 is 29.6 Å². The SMILES string of the molecule is Cc1cc(C(=O)O)ncc1-c1ccc(C[C@H](NC(=O)[C@H]2CC[C@H](CNC(=O)OC(C)(C)C)CC2)C(=O)Nc2ccc3c(=O)[nH][nH]c3c2)cc1. The number of nitrogens with zero attached hydrogens (tertiary/aromatic N) is 1. The Morgan fingerprint density at radius 2 is 1.71 bits per heavy atom. The van der Waals surface area contributed by atoms with Gasteiger partial charge in [0.05, 0.1) is 10.9 Å². The number of pyridine rings is 1. The van der Waals surface area contributed by atoms with E-state index in [9.17, 15) is 29.1 Å². The van der Waals surface area contributed by atoms with Crippen molar-refractivity contribution in [2.45, 2.75) is 71.4 Å². The number of rotatable bonds is 10. The van der Waals surface area contributed by atoms with Gasteiger partial charge in [-0.05, 0) is 100 Å². The summed E-state index contributed by atoms with van der Waals surface area (Å²) in [7, 11) is 0. The van der Waals surface area contributed by atoms with Crippen LogP contribution in [0.1, 0.15) is 68.1 Å². The van der Waals surface area contributed by atoms with Crippen LogP contribution < -0.4 is 21.5 Å². The van der Waals surface area contributed by atoms with Gasteiger partial charge in [0.25, 0.3) is 5.56 Å². The Hall–Kier alpha value is -5.46. The fourth-order valence-electron chi connectivity index (χ4n) is 6.04. The molecule has 0 saturated heterocycles. The zero-order valence-corrected chi connectivity index (χ0v) is 28.0. The number of aromatic carboxylic acids is 1. The number of H-pyrrole nitrogens is 2. The minimum Gasteiger partial charge on any atom is -0.477 e. The number of anilines is 1. The maximum Gasteiger partial charge on any atom is 0.407 e. The molecule has 5 rings (SSSR count). The smallest absolute Gasteiger partial charge is 0.407 e. The molecule has 1 aliphatic carbocycles. The third-order valence-corrected chi connectivity index (χ3v) is 8.66. The van der Waals surface area contributed by atoms with Gasteiger partial charge in [-0.25, -0.2) is 14.6 Å². The summed E-state index contributed by atoms with van der Waals surface area (Å²) in [6.07, 6.45) is 4.04. The van der Waals surface area contributed by atoms with Crippen molar-refractivity contribution in [3.63, 3.8) is 0 Å². The lowest BCUT2D eigenvalue weighted by molar-refractivity contribution is -0.130. The minimum atomic E-state index is -1.10. The van der Waals surface area contributed by atoms with Crippen LogP contribution in [0.25, 0.3) is 22.0 Å². The van der Waals surface area contributed by atoms with Crippen molar-refractivity contribution in [1.29, 1.82) is 0 Å². The van der Waals surface area contributed by atoms with E-state index in [1.54, 1.807) is 18.2 Å². The van der Waals surface area contributed by atoms with E-state index in [1.165, 1.54) is 12.3 Å². The first-order chi connectivity index (χ1) is 23.3. The van der Waals surface area contributed by atoms with E-state index in [4.69, 9.17) is 4.74 Å². The van der Waals surface area contributed by atoms with Crippen molar-refractivity contribution in [3.8, 4) is 11.1 Å². The molecular formula is C36H42N6O7. The highest BCUT2D eigenvalue weighted by molar-refractivity contribution is 5.99. The number of amides is 3. The fraction of sp³-hybridized carbons (Fsp3) is 0.389. The first-order valence-electron chi connectivity index (χ1n) is 16.3. The van der Waals surface area contributed by atoms with Crippen LogP contribution in [0.5, 0.6) is 0 Å². The van der Waals surface area contributed by atoms with Crippen LogP contribution in [0.3, 0.4) is 0 Å².